The van der Waals surface area contributed by atoms with Gasteiger partial charge in [0, 0.05) is 6.54 Å². The van der Waals surface area contributed by atoms with Crippen molar-refractivity contribution in [3.05, 3.63) is 0 Å². The van der Waals surface area contributed by atoms with Crippen molar-refractivity contribution in [2.24, 2.45) is 11.8 Å². The zero-order valence-electron chi connectivity index (χ0n) is 11.0. The van der Waals surface area contributed by atoms with Crippen LogP contribution in [0.15, 0.2) is 0 Å². The van der Waals surface area contributed by atoms with E-state index in [-0.39, 0.29) is 17.9 Å². The van der Waals surface area contributed by atoms with E-state index < -0.39 is 5.60 Å². The molecule has 4 nitrogen and oxygen atoms in total. The highest BCUT2D eigenvalue weighted by Gasteiger charge is 2.26. The maximum absolute atomic E-state index is 11.5. The van der Waals surface area contributed by atoms with Crippen LogP contribution < -0.4 is 5.32 Å². The monoisotopic (exact) mass is 238 g/mol. The van der Waals surface area contributed by atoms with Crippen molar-refractivity contribution >= 4 is 6.09 Å². The number of rotatable bonds is 2. The molecule has 1 aliphatic rings. The van der Waals surface area contributed by atoms with Crippen molar-refractivity contribution in [2.75, 3.05) is 6.54 Å². The maximum atomic E-state index is 11.5. The molecule has 0 heterocycles. The highest BCUT2D eigenvalue weighted by molar-refractivity contribution is 5.67. The second kappa shape index (κ2) is 5.90. The molecule has 0 bridgehead atoms. The van der Waals surface area contributed by atoms with Crippen LogP contribution in [0.3, 0.4) is 0 Å². The van der Waals surface area contributed by atoms with E-state index in [0.717, 1.165) is 25.7 Å². The molecule has 0 radical (unpaired) electrons. The van der Waals surface area contributed by atoms with E-state index in [9.17, 15) is 4.79 Å². The van der Waals surface area contributed by atoms with E-state index in [0.29, 0.717) is 6.54 Å². The fourth-order valence-electron chi connectivity index (χ4n) is 2.15. The quantitative estimate of drug-likeness (QED) is 0.804. The second-order valence-corrected chi connectivity index (χ2v) is 5.66. The summed E-state index contributed by atoms with van der Waals surface area (Å²) in [5.74, 6) is 0.361. The molecular weight excluding hydrogens is 216 g/mol. The van der Waals surface area contributed by atoms with Gasteiger partial charge in [0.15, 0.2) is 0 Å². The van der Waals surface area contributed by atoms with E-state index >= 15 is 0 Å². The molecule has 0 aliphatic heterocycles. The molecular formula is C13H22N2O2. The van der Waals surface area contributed by atoms with Gasteiger partial charge in [0.05, 0.1) is 12.0 Å². The highest BCUT2D eigenvalue weighted by Crippen LogP contribution is 2.28. The standard InChI is InChI=1S/C13H22N2O2/c1-13(2,3)17-12(16)15-9-11-7-5-4-6-10(11)8-14/h10-11H,4-7,9H2,1-3H3,(H,15,16). The molecule has 1 N–H and O–H groups in total. The molecule has 1 amide bonds. The molecule has 1 aliphatic carbocycles. The number of nitriles is 1. The predicted molar refractivity (Wildman–Crippen MR) is 65.3 cm³/mol. The summed E-state index contributed by atoms with van der Waals surface area (Å²) < 4.78 is 5.16. The first kappa shape index (κ1) is 13.8. The minimum atomic E-state index is -0.467. The number of carbonyl (C=O) groups excluding carboxylic acids is 1. The molecule has 0 aromatic carbocycles. The Labute approximate surface area is 103 Å². The zero-order valence-corrected chi connectivity index (χ0v) is 11.0. The van der Waals surface area contributed by atoms with Crippen molar-refractivity contribution in [3.63, 3.8) is 0 Å². The summed E-state index contributed by atoms with van der Waals surface area (Å²) in [5, 5.41) is 11.8. The van der Waals surface area contributed by atoms with Gasteiger partial charge in [-0.25, -0.2) is 4.79 Å². The first-order valence-electron chi connectivity index (χ1n) is 6.29. The molecule has 17 heavy (non-hydrogen) atoms. The van der Waals surface area contributed by atoms with Gasteiger partial charge in [0.1, 0.15) is 5.60 Å². The number of nitrogens with one attached hydrogen (secondary N) is 1. The predicted octanol–water partition coefficient (Wildman–Crippen LogP) is 2.84. The van der Waals surface area contributed by atoms with E-state index in [1.165, 1.54) is 0 Å². The Morgan fingerprint density at radius 3 is 2.65 bits per heavy atom. The smallest absolute Gasteiger partial charge is 0.407 e. The zero-order chi connectivity index (χ0) is 12.9. The molecule has 1 fully saturated rings. The number of nitrogens with zero attached hydrogens (tertiary/aromatic N) is 1. The first-order valence-corrected chi connectivity index (χ1v) is 6.29. The molecule has 0 spiro atoms. The van der Waals surface area contributed by atoms with Gasteiger partial charge >= 0.3 is 6.09 Å². The van der Waals surface area contributed by atoms with E-state index in [1.807, 2.05) is 20.8 Å². The van der Waals surface area contributed by atoms with Crippen LogP contribution in [-0.4, -0.2) is 18.2 Å². The molecule has 1 saturated carbocycles. The Hall–Kier alpha value is -1.24. The average molecular weight is 238 g/mol. The van der Waals surface area contributed by atoms with Crippen LogP contribution in [0.1, 0.15) is 46.5 Å². The van der Waals surface area contributed by atoms with Crippen molar-refractivity contribution in [2.45, 2.75) is 52.1 Å². The molecule has 2 unspecified atom stereocenters. The molecule has 2 atom stereocenters. The van der Waals surface area contributed by atoms with Crippen LogP contribution in [0.2, 0.25) is 0 Å². The summed E-state index contributed by atoms with van der Waals surface area (Å²) >= 11 is 0. The lowest BCUT2D eigenvalue weighted by Crippen LogP contribution is -2.37. The van der Waals surface area contributed by atoms with Gasteiger partial charge in [-0.3, -0.25) is 0 Å². The Balaban J connectivity index is 2.34. The molecule has 0 aromatic rings. The van der Waals surface area contributed by atoms with Crippen molar-refractivity contribution < 1.29 is 9.53 Å². The lowest BCUT2D eigenvalue weighted by atomic mass is 9.80. The van der Waals surface area contributed by atoms with Gasteiger partial charge in [-0.05, 0) is 39.5 Å². The summed E-state index contributed by atoms with van der Waals surface area (Å²) in [6, 6.07) is 2.33. The number of carbonyl (C=O) groups is 1. The van der Waals surface area contributed by atoms with Gasteiger partial charge in [-0.1, -0.05) is 12.8 Å². The van der Waals surface area contributed by atoms with Gasteiger partial charge in [-0.2, -0.15) is 5.26 Å². The Kier molecular flexibility index (Phi) is 4.80. The van der Waals surface area contributed by atoms with Crippen LogP contribution in [0, 0.1) is 23.2 Å². The third-order valence-electron chi connectivity index (χ3n) is 2.98. The van der Waals surface area contributed by atoms with Crippen molar-refractivity contribution in [1.29, 1.82) is 5.26 Å². The first-order chi connectivity index (χ1) is 7.92. The highest BCUT2D eigenvalue weighted by atomic mass is 16.6. The van der Waals surface area contributed by atoms with Crippen LogP contribution in [0.5, 0.6) is 0 Å². The average Bonchev–Trinajstić information content (AvgIpc) is 2.24. The summed E-state index contributed by atoms with van der Waals surface area (Å²) in [5.41, 5.74) is -0.467. The molecule has 0 saturated heterocycles. The summed E-state index contributed by atoms with van der Waals surface area (Å²) in [7, 11) is 0. The molecule has 1 rings (SSSR count). The SMILES string of the molecule is CC(C)(C)OC(=O)NCC1CCCCC1C#N. The van der Waals surface area contributed by atoms with E-state index in [1.54, 1.807) is 0 Å². The van der Waals surface area contributed by atoms with Crippen LogP contribution >= 0.6 is 0 Å². The Morgan fingerprint density at radius 1 is 1.41 bits per heavy atom. The summed E-state index contributed by atoms with van der Waals surface area (Å²) in [4.78, 5) is 11.5. The Morgan fingerprint density at radius 2 is 2.06 bits per heavy atom. The topological polar surface area (TPSA) is 62.1 Å². The van der Waals surface area contributed by atoms with E-state index in [2.05, 4.69) is 11.4 Å². The van der Waals surface area contributed by atoms with Crippen molar-refractivity contribution in [3.8, 4) is 6.07 Å². The minimum Gasteiger partial charge on any atom is -0.444 e. The molecule has 0 aromatic heterocycles. The number of amides is 1. The molecule has 96 valence electrons. The number of ether oxygens (including phenoxy) is 1. The fourth-order valence-corrected chi connectivity index (χ4v) is 2.15. The lowest BCUT2D eigenvalue weighted by molar-refractivity contribution is 0.0511. The van der Waals surface area contributed by atoms with Crippen LogP contribution in [0.4, 0.5) is 4.79 Å². The number of hydrogen-bond acceptors (Lipinski definition) is 3. The third-order valence-corrected chi connectivity index (χ3v) is 2.98. The normalized spacial score (nSPS) is 24.8. The van der Waals surface area contributed by atoms with Crippen molar-refractivity contribution in [1.82, 2.24) is 5.32 Å². The minimum absolute atomic E-state index is 0.0821. The van der Waals surface area contributed by atoms with Gasteiger partial charge in [-0.15, -0.1) is 0 Å². The van der Waals surface area contributed by atoms with Gasteiger partial charge in [0.2, 0.25) is 0 Å². The van der Waals surface area contributed by atoms with Gasteiger partial charge in [0.25, 0.3) is 0 Å². The van der Waals surface area contributed by atoms with Crippen LogP contribution in [-0.2, 0) is 4.74 Å². The van der Waals surface area contributed by atoms with Crippen LogP contribution in [0.25, 0.3) is 0 Å². The third kappa shape index (κ3) is 5.08. The lowest BCUT2D eigenvalue weighted by Gasteiger charge is -2.27. The number of hydrogen-bond donors (Lipinski definition) is 1. The fraction of sp³-hybridized carbons (Fsp3) is 0.846. The summed E-state index contributed by atoms with van der Waals surface area (Å²) in [6.07, 6.45) is 3.87. The Bertz CT molecular complexity index is 302. The summed E-state index contributed by atoms with van der Waals surface area (Å²) in [6.45, 7) is 6.06. The number of alkyl carbamates (subject to hydrolysis) is 1. The van der Waals surface area contributed by atoms with E-state index in [4.69, 9.17) is 10.00 Å². The largest absolute Gasteiger partial charge is 0.444 e. The maximum Gasteiger partial charge on any atom is 0.407 e. The second-order valence-electron chi connectivity index (χ2n) is 5.66. The molecule has 4 heteroatoms. The van der Waals surface area contributed by atoms with Gasteiger partial charge < -0.3 is 10.1 Å².